The van der Waals surface area contributed by atoms with Crippen molar-refractivity contribution < 1.29 is 19.2 Å². The smallest absolute Gasteiger partial charge is 0.338 e. The molecule has 1 aliphatic rings. The van der Waals surface area contributed by atoms with E-state index >= 15 is 0 Å². The zero-order valence-electron chi connectivity index (χ0n) is 12.6. The normalized spacial score (nSPS) is 17.7. The van der Waals surface area contributed by atoms with Gasteiger partial charge in [0.15, 0.2) is 0 Å². The first kappa shape index (κ1) is 16.8. The van der Waals surface area contributed by atoms with Gasteiger partial charge in [-0.05, 0) is 38.8 Å². The van der Waals surface area contributed by atoms with Crippen molar-refractivity contribution in [3.05, 3.63) is 33.9 Å². The van der Waals surface area contributed by atoms with Gasteiger partial charge in [0.05, 0.1) is 27.6 Å². The third-order valence-electron chi connectivity index (χ3n) is 3.18. The van der Waals surface area contributed by atoms with Gasteiger partial charge >= 0.3 is 5.97 Å². The molecule has 0 saturated carbocycles. The first-order valence-electron chi connectivity index (χ1n) is 7.21. The summed E-state index contributed by atoms with van der Waals surface area (Å²) in [6.45, 7) is 4.23. The van der Waals surface area contributed by atoms with Crippen LogP contribution >= 0.6 is 11.8 Å². The molecule has 22 heavy (non-hydrogen) atoms. The highest BCUT2D eigenvalue weighted by Crippen LogP contribution is 2.32. The molecule has 7 heteroatoms. The van der Waals surface area contributed by atoms with Crippen LogP contribution in [0.1, 0.15) is 37.0 Å². The highest BCUT2D eigenvalue weighted by atomic mass is 32.2. The van der Waals surface area contributed by atoms with Crippen LogP contribution < -0.4 is 0 Å². The van der Waals surface area contributed by atoms with E-state index in [1.807, 2.05) is 0 Å². The fourth-order valence-electron chi connectivity index (χ4n) is 2.15. The summed E-state index contributed by atoms with van der Waals surface area (Å²) in [6, 6.07) is 4.45. The van der Waals surface area contributed by atoms with Gasteiger partial charge in [-0.2, -0.15) is 0 Å². The molecule has 1 saturated heterocycles. The Bertz CT molecular complexity index is 555. The molecule has 0 N–H and O–H groups in total. The molecule has 0 radical (unpaired) electrons. The van der Waals surface area contributed by atoms with Crippen LogP contribution in [0.2, 0.25) is 0 Å². The minimum absolute atomic E-state index is 0.0683. The van der Waals surface area contributed by atoms with E-state index in [1.54, 1.807) is 26.0 Å². The molecule has 1 aromatic carbocycles. The first-order chi connectivity index (χ1) is 10.5. The quantitative estimate of drug-likeness (QED) is 0.345. The molecule has 1 fully saturated rings. The Balaban J connectivity index is 2.12. The van der Waals surface area contributed by atoms with Crippen LogP contribution in [0.25, 0.3) is 0 Å². The lowest BCUT2D eigenvalue weighted by atomic mass is 10.2. The molecular weight excluding hydrogens is 306 g/mol. The van der Waals surface area contributed by atoms with Crippen molar-refractivity contribution in [2.45, 2.75) is 43.8 Å². The molecule has 0 unspecified atom stereocenters. The lowest BCUT2D eigenvalue weighted by molar-refractivity contribution is -0.387. The maximum Gasteiger partial charge on any atom is 0.338 e. The minimum Gasteiger partial charge on any atom is -0.459 e. The average molecular weight is 325 g/mol. The second-order valence-corrected chi connectivity index (χ2v) is 6.40. The number of nitrogens with zero attached hydrogens (tertiary/aromatic N) is 1. The number of ether oxygens (including phenoxy) is 2. The van der Waals surface area contributed by atoms with Crippen LogP contribution in [0, 0.1) is 10.1 Å². The number of hydrogen-bond acceptors (Lipinski definition) is 6. The fraction of sp³-hybridized carbons (Fsp3) is 0.533. The highest BCUT2D eigenvalue weighted by Gasteiger charge is 2.22. The third-order valence-corrected chi connectivity index (χ3v) is 4.38. The molecule has 0 amide bonds. The van der Waals surface area contributed by atoms with Crippen LogP contribution in [0.5, 0.6) is 0 Å². The number of nitro benzene ring substituents is 1. The molecule has 0 bridgehead atoms. The number of hydrogen-bond donors (Lipinski definition) is 0. The van der Waals surface area contributed by atoms with Crippen LogP contribution in [-0.4, -0.2) is 35.5 Å². The Morgan fingerprint density at radius 1 is 1.55 bits per heavy atom. The van der Waals surface area contributed by atoms with Crippen LogP contribution in [0.3, 0.4) is 0 Å². The van der Waals surface area contributed by atoms with E-state index in [0.717, 1.165) is 19.4 Å². The molecule has 0 aliphatic carbocycles. The number of rotatable bonds is 6. The molecule has 1 aromatic rings. The minimum atomic E-state index is -0.547. The summed E-state index contributed by atoms with van der Waals surface area (Å²) in [5.41, 5.74) is 0.128. The zero-order chi connectivity index (χ0) is 16.1. The monoisotopic (exact) mass is 325 g/mol. The van der Waals surface area contributed by atoms with Crippen molar-refractivity contribution >= 4 is 23.4 Å². The zero-order valence-corrected chi connectivity index (χ0v) is 13.4. The van der Waals surface area contributed by atoms with Gasteiger partial charge in [0.2, 0.25) is 0 Å². The van der Waals surface area contributed by atoms with Gasteiger partial charge in [-0.3, -0.25) is 10.1 Å². The summed E-state index contributed by atoms with van der Waals surface area (Å²) in [6.07, 6.45) is 1.91. The van der Waals surface area contributed by atoms with Gasteiger partial charge in [-0.1, -0.05) is 0 Å². The van der Waals surface area contributed by atoms with Crippen molar-refractivity contribution in [1.82, 2.24) is 0 Å². The number of carbonyl (C=O) groups excluding carboxylic acids is 1. The van der Waals surface area contributed by atoms with Crippen LogP contribution in [-0.2, 0) is 9.47 Å². The molecular formula is C15H19NO5S. The standard InChI is InChI=1S/C15H19NO5S/c1-10(2)21-15(17)11-5-6-14(13(8-11)16(18)19)22-9-12-4-3-7-20-12/h5-6,8,10,12H,3-4,7,9H2,1-2H3/t12-/m0/s1. The first-order valence-corrected chi connectivity index (χ1v) is 8.19. The molecule has 1 atom stereocenters. The highest BCUT2D eigenvalue weighted by molar-refractivity contribution is 7.99. The molecule has 120 valence electrons. The summed E-state index contributed by atoms with van der Waals surface area (Å²) < 4.78 is 10.6. The molecule has 1 heterocycles. The summed E-state index contributed by atoms with van der Waals surface area (Å²) in [7, 11) is 0. The van der Waals surface area contributed by atoms with E-state index in [-0.39, 0.29) is 23.5 Å². The van der Waals surface area contributed by atoms with E-state index < -0.39 is 10.9 Å². The fourth-order valence-corrected chi connectivity index (χ4v) is 3.22. The number of thioether (sulfide) groups is 1. The molecule has 0 spiro atoms. The second kappa shape index (κ2) is 7.60. The van der Waals surface area contributed by atoms with Crippen LogP contribution in [0.15, 0.2) is 23.1 Å². The van der Waals surface area contributed by atoms with Crippen molar-refractivity contribution in [2.24, 2.45) is 0 Å². The van der Waals surface area contributed by atoms with E-state index in [1.165, 1.54) is 17.8 Å². The number of esters is 1. The summed E-state index contributed by atoms with van der Waals surface area (Å²) in [5.74, 6) is 0.130. The lowest BCUT2D eigenvalue weighted by Crippen LogP contribution is -2.12. The Morgan fingerprint density at radius 2 is 2.32 bits per heavy atom. The van der Waals surface area contributed by atoms with Gasteiger partial charge in [0.25, 0.3) is 5.69 Å². The predicted molar refractivity (Wildman–Crippen MR) is 83.3 cm³/mol. The van der Waals surface area contributed by atoms with E-state index in [9.17, 15) is 14.9 Å². The largest absolute Gasteiger partial charge is 0.459 e. The maximum absolute atomic E-state index is 11.8. The van der Waals surface area contributed by atoms with Crippen molar-refractivity contribution in [3.8, 4) is 0 Å². The lowest BCUT2D eigenvalue weighted by Gasteiger charge is -2.10. The molecule has 0 aromatic heterocycles. The Morgan fingerprint density at radius 3 is 2.91 bits per heavy atom. The van der Waals surface area contributed by atoms with Gasteiger partial charge in [0, 0.05) is 18.4 Å². The Hall–Kier alpha value is -1.60. The average Bonchev–Trinajstić information content (AvgIpc) is 2.97. The number of benzene rings is 1. The van der Waals surface area contributed by atoms with E-state index in [4.69, 9.17) is 9.47 Å². The van der Waals surface area contributed by atoms with Gasteiger partial charge in [-0.25, -0.2) is 4.79 Å². The van der Waals surface area contributed by atoms with Gasteiger partial charge < -0.3 is 9.47 Å². The van der Waals surface area contributed by atoms with Crippen molar-refractivity contribution in [2.75, 3.05) is 12.4 Å². The summed E-state index contributed by atoms with van der Waals surface area (Å²) >= 11 is 1.39. The van der Waals surface area contributed by atoms with Crippen molar-refractivity contribution in [3.63, 3.8) is 0 Å². The van der Waals surface area contributed by atoms with Crippen molar-refractivity contribution in [1.29, 1.82) is 0 Å². The maximum atomic E-state index is 11.8. The van der Waals surface area contributed by atoms with Gasteiger partial charge in [-0.15, -0.1) is 11.8 Å². The van der Waals surface area contributed by atoms with E-state index in [0.29, 0.717) is 10.6 Å². The SMILES string of the molecule is CC(C)OC(=O)c1ccc(SC[C@@H]2CCCO2)c([N+](=O)[O-])c1. The number of carbonyl (C=O) groups is 1. The second-order valence-electron chi connectivity index (χ2n) is 5.34. The molecule has 6 nitrogen and oxygen atoms in total. The van der Waals surface area contributed by atoms with E-state index in [2.05, 4.69) is 0 Å². The van der Waals surface area contributed by atoms with Crippen LogP contribution in [0.4, 0.5) is 5.69 Å². The molecule has 1 aliphatic heterocycles. The topological polar surface area (TPSA) is 78.7 Å². The number of nitro groups is 1. The summed E-state index contributed by atoms with van der Waals surface area (Å²) in [5, 5.41) is 11.2. The third kappa shape index (κ3) is 4.45. The van der Waals surface area contributed by atoms with Gasteiger partial charge in [0.1, 0.15) is 0 Å². The molecule has 2 rings (SSSR count). The Labute approximate surface area is 133 Å². The Kier molecular flexibility index (Phi) is 5.79. The summed E-state index contributed by atoms with van der Waals surface area (Å²) in [4.78, 5) is 23.1. The predicted octanol–water partition coefficient (Wildman–Crippen LogP) is 3.43.